The molecule has 5 heteroatoms. The summed E-state index contributed by atoms with van der Waals surface area (Å²) in [4.78, 5) is 12.5. The third kappa shape index (κ3) is 4.19. The third-order valence-electron chi connectivity index (χ3n) is 2.86. The van der Waals surface area contributed by atoms with Crippen LogP contribution in [0.5, 0.6) is 5.75 Å². The Morgan fingerprint density at radius 3 is 2.53 bits per heavy atom. The summed E-state index contributed by atoms with van der Waals surface area (Å²) in [7, 11) is 1.64. The predicted octanol–water partition coefficient (Wildman–Crippen LogP) is 2.95. The molecule has 0 radical (unpaired) electrons. The van der Waals surface area contributed by atoms with Gasteiger partial charge in [0.15, 0.2) is 0 Å². The average molecular weight is 271 g/mol. The van der Waals surface area contributed by atoms with Crippen LogP contribution in [0.25, 0.3) is 0 Å². The van der Waals surface area contributed by atoms with E-state index in [2.05, 4.69) is 0 Å². The topological polar surface area (TPSA) is 29.5 Å². The molecule has 0 aliphatic carbocycles. The Morgan fingerprint density at radius 2 is 2.00 bits per heavy atom. The van der Waals surface area contributed by atoms with E-state index in [1.807, 2.05) is 13.8 Å². The van der Waals surface area contributed by atoms with Gasteiger partial charge in [-0.1, -0.05) is 13.8 Å². The fourth-order valence-corrected chi connectivity index (χ4v) is 1.69. The number of hydrogen-bond donors (Lipinski definition) is 0. The van der Waals surface area contributed by atoms with Crippen LogP contribution in [0.3, 0.4) is 0 Å². The van der Waals surface area contributed by atoms with Crippen LogP contribution in [0.1, 0.15) is 32.3 Å². The number of rotatable bonds is 5. The normalized spacial score (nSPS) is 10.7. The van der Waals surface area contributed by atoms with E-state index in [-0.39, 0.29) is 24.2 Å². The van der Waals surface area contributed by atoms with E-state index in [0.29, 0.717) is 12.1 Å². The Labute approximate surface area is 112 Å². The van der Waals surface area contributed by atoms with Gasteiger partial charge in [0, 0.05) is 31.7 Å². The molecule has 1 aromatic rings. The number of hydrogen-bond acceptors (Lipinski definition) is 2. The third-order valence-corrected chi connectivity index (χ3v) is 2.86. The maximum atomic E-state index is 13.7. The minimum Gasteiger partial charge on any atom is -0.491 e. The number of nitrogens with zero attached hydrogens (tertiary/aromatic N) is 1. The first-order valence-electron chi connectivity index (χ1n) is 6.16. The lowest BCUT2D eigenvalue weighted by atomic mass is 10.0. The molecule has 3 nitrogen and oxygen atoms in total. The number of carbonyl (C=O) groups excluding carboxylic acids is 1. The fourth-order valence-electron chi connectivity index (χ4n) is 1.69. The van der Waals surface area contributed by atoms with E-state index in [0.717, 1.165) is 6.07 Å². The molecule has 0 spiro atoms. The first-order chi connectivity index (χ1) is 8.82. The van der Waals surface area contributed by atoms with Crippen molar-refractivity contribution >= 4 is 5.91 Å². The highest BCUT2D eigenvalue weighted by atomic mass is 19.1. The number of amides is 1. The molecule has 0 N–H and O–H groups in total. The Morgan fingerprint density at radius 1 is 1.37 bits per heavy atom. The molecule has 0 aliphatic heterocycles. The second kappa shape index (κ2) is 6.50. The highest BCUT2D eigenvalue weighted by Crippen LogP contribution is 2.30. The number of likely N-dealkylation sites (N-methyl/N-ethyl adjacent to an activating group) is 1. The summed E-state index contributed by atoms with van der Waals surface area (Å²) in [5.41, 5.74) is 0.354. The lowest BCUT2D eigenvalue weighted by Crippen LogP contribution is -2.28. The Kier molecular flexibility index (Phi) is 5.27. The van der Waals surface area contributed by atoms with Crippen LogP contribution < -0.4 is 4.74 Å². The van der Waals surface area contributed by atoms with Crippen molar-refractivity contribution in [3.63, 3.8) is 0 Å². The summed E-state index contributed by atoms with van der Waals surface area (Å²) in [5, 5.41) is 0. The van der Waals surface area contributed by atoms with Crippen LogP contribution in [0.2, 0.25) is 0 Å². The van der Waals surface area contributed by atoms with Crippen LogP contribution >= 0.6 is 0 Å². The van der Waals surface area contributed by atoms with Crippen LogP contribution in [0.15, 0.2) is 12.1 Å². The molecule has 0 heterocycles. The fraction of sp³-hybridized carbons (Fsp3) is 0.500. The summed E-state index contributed by atoms with van der Waals surface area (Å²) >= 11 is 0. The zero-order valence-electron chi connectivity index (χ0n) is 11.7. The SMILES string of the molecule is CC(=O)N(C)CCOc1cc(F)cc(F)c1C(C)C. The molecular weight excluding hydrogens is 252 g/mol. The maximum Gasteiger partial charge on any atom is 0.219 e. The summed E-state index contributed by atoms with van der Waals surface area (Å²) in [6, 6.07) is 2.02. The van der Waals surface area contributed by atoms with Crippen molar-refractivity contribution in [1.29, 1.82) is 0 Å². The van der Waals surface area contributed by atoms with Crippen molar-refractivity contribution in [2.24, 2.45) is 0 Å². The van der Waals surface area contributed by atoms with E-state index in [9.17, 15) is 13.6 Å². The first kappa shape index (κ1) is 15.4. The molecule has 1 aromatic carbocycles. The second-order valence-corrected chi connectivity index (χ2v) is 4.74. The number of carbonyl (C=O) groups is 1. The van der Waals surface area contributed by atoms with Crippen molar-refractivity contribution in [1.82, 2.24) is 4.90 Å². The molecule has 19 heavy (non-hydrogen) atoms. The Hall–Kier alpha value is -1.65. The molecular formula is C14H19F2NO2. The smallest absolute Gasteiger partial charge is 0.219 e. The predicted molar refractivity (Wildman–Crippen MR) is 69.3 cm³/mol. The summed E-state index contributed by atoms with van der Waals surface area (Å²) in [6.07, 6.45) is 0. The Bertz CT molecular complexity index is 461. The monoisotopic (exact) mass is 271 g/mol. The molecule has 0 bridgehead atoms. The zero-order valence-corrected chi connectivity index (χ0v) is 11.7. The summed E-state index contributed by atoms with van der Waals surface area (Å²) in [6.45, 7) is 5.63. The molecule has 0 aliphatic rings. The lowest BCUT2D eigenvalue weighted by molar-refractivity contribution is -0.127. The molecule has 0 fully saturated rings. The van der Waals surface area contributed by atoms with E-state index in [1.54, 1.807) is 7.05 Å². The molecule has 106 valence electrons. The minimum absolute atomic E-state index is 0.0851. The van der Waals surface area contributed by atoms with Crippen LogP contribution in [0, 0.1) is 11.6 Å². The van der Waals surface area contributed by atoms with Gasteiger partial charge in [0.2, 0.25) is 5.91 Å². The molecule has 1 amide bonds. The molecule has 1 rings (SSSR count). The van der Waals surface area contributed by atoms with Gasteiger partial charge in [0.05, 0.1) is 6.54 Å². The van der Waals surface area contributed by atoms with Gasteiger partial charge in [-0.05, 0) is 5.92 Å². The van der Waals surface area contributed by atoms with Gasteiger partial charge in [-0.3, -0.25) is 4.79 Å². The van der Waals surface area contributed by atoms with Crippen molar-refractivity contribution < 1.29 is 18.3 Å². The number of benzene rings is 1. The molecule has 0 saturated carbocycles. The van der Waals surface area contributed by atoms with Crippen LogP contribution in [0.4, 0.5) is 8.78 Å². The van der Waals surface area contributed by atoms with Crippen molar-refractivity contribution in [2.75, 3.05) is 20.2 Å². The van der Waals surface area contributed by atoms with Gasteiger partial charge < -0.3 is 9.64 Å². The highest BCUT2D eigenvalue weighted by molar-refractivity contribution is 5.72. The van der Waals surface area contributed by atoms with Crippen molar-refractivity contribution in [3.05, 3.63) is 29.3 Å². The van der Waals surface area contributed by atoms with Gasteiger partial charge in [0.25, 0.3) is 0 Å². The van der Waals surface area contributed by atoms with Crippen LogP contribution in [-0.4, -0.2) is 31.0 Å². The van der Waals surface area contributed by atoms with Gasteiger partial charge in [-0.25, -0.2) is 8.78 Å². The quantitative estimate of drug-likeness (QED) is 0.824. The molecule has 0 atom stereocenters. The van der Waals surface area contributed by atoms with E-state index < -0.39 is 11.6 Å². The van der Waals surface area contributed by atoms with E-state index in [1.165, 1.54) is 17.9 Å². The first-order valence-corrected chi connectivity index (χ1v) is 6.16. The average Bonchev–Trinajstić information content (AvgIpc) is 2.26. The molecule has 0 aromatic heterocycles. The maximum absolute atomic E-state index is 13.7. The molecule has 0 unspecified atom stereocenters. The summed E-state index contributed by atoms with van der Waals surface area (Å²) < 4.78 is 32.3. The number of ether oxygens (including phenoxy) is 1. The van der Waals surface area contributed by atoms with Gasteiger partial charge in [-0.15, -0.1) is 0 Å². The van der Waals surface area contributed by atoms with Gasteiger partial charge >= 0.3 is 0 Å². The van der Waals surface area contributed by atoms with Crippen molar-refractivity contribution in [3.8, 4) is 5.75 Å². The summed E-state index contributed by atoms with van der Waals surface area (Å²) in [5.74, 6) is -1.27. The second-order valence-electron chi connectivity index (χ2n) is 4.74. The lowest BCUT2D eigenvalue weighted by Gasteiger charge is -2.18. The van der Waals surface area contributed by atoms with E-state index in [4.69, 9.17) is 4.74 Å². The zero-order chi connectivity index (χ0) is 14.6. The van der Waals surface area contributed by atoms with Gasteiger partial charge in [-0.2, -0.15) is 0 Å². The number of halogens is 2. The van der Waals surface area contributed by atoms with Crippen LogP contribution in [-0.2, 0) is 4.79 Å². The van der Waals surface area contributed by atoms with Gasteiger partial charge in [0.1, 0.15) is 24.0 Å². The molecule has 0 saturated heterocycles. The van der Waals surface area contributed by atoms with Crippen molar-refractivity contribution in [2.45, 2.75) is 26.7 Å². The largest absolute Gasteiger partial charge is 0.491 e. The minimum atomic E-state index is -0.670. The van der Waals surface area contributed by atoms with E-state index >= 15 is 0 Å². The highest BCUT2D eigenvalue weighted by Gasteiger charge is 2.16. The Balaban J connectivity index is 2.80. The standard InChI is InChI=1S/C14H19F2NO2/c1-9(2)14-12(16)7-11(15)8-13(14)19-6-5-17(4)10(3)18/h7-9H,5-6H2,1-4H3.